The lowest BCUT2D eigenvalue weighted by Crippen LogP contribution is -2.45. The predicted molar refractivity (Wildman–Crippen MR) is 65.7 cm³/mol. The molecule has 0 bridgehead atoms. The van der Waals surface area contributed by atoms with Crippen LogP contribution in [0, 0.1) is 0 Å². The molecule has 1 nitrogen and oxygen atoms in total. The van der Waals surface area contributed by atoms with Gasteiger partial charge in [0.1, 0.15) is 6.04 Å². The van der Waals surface area contributed by atoms with Crippen molar-refractivity contribution in [3.63, 3.8) is 0 Å². The minimum atomic E-state index is -5.65. The number of halogens is 6. The molecule has 0 radical (unpaired) electrons. The van der Waals surface area contributed by atoms with Crippen molar-refractivity contribution in [2.75, 3.05) is 0 Å². The van der Waals surface area contributed by atoms with Gasteiger partial charge in [-0.1, -0.05) is 38.1 Å². The predicted octanol–water partition coefficient (Wildman–Crippen LogP) is 4.43. The summed E-state index contributed by atoms with van der Waals surface area (Å²) in [4.78, 5) is 0. The molecule has 1 aromatic rings. The normalized spacial score (nSPS) is 14.2. The van der Waals surface area contributed by atoms with Crippen molar-refractivity contribution in [1.29, 1.82) is 0 Å². The Balaban J connectivity index is 0.00000324. The van der Waals surface area contributed by atoms with Crippen molar-refractivity contribution in [2.24, 2.45) is 5.73 Å². The lowest BCUT2D eigenvalue weighted by Gasteiger charge is -2.26. The van der Waals surface area contributed by atoms with Crippen molar-refractivity contribution >= 4 is 12.4 Å². The molecule has 0 unspecified atom stereocenters. The number of alkyl halides is 5. The van der Waals surface area contributed by atoms with Crippen LogP contribution in [0.25, 0.3) is 0 Å². The van der Waals surface area contributed by atoms with Gasteiger partial charge in [-0.15, -0.1) is 12.4 Å². The maximum absolute atomic E-state index is 13.0. The molecule has 0 saturated carbocycles. The Labute approximate surface area is 114 Å². The molecule has 7 heteroatoms. The van der Waals surface area contributed by atoms with Crippen LogP contribution in [-0.2, 0) is 0 Å². The van der Waals surface area contributed by atoms with Gasteiger partial charge >= 0.3 is 12.1 Å². The SMILES string of the molecule is CC(C)c1ccc([C@@H](N)C(F)(F)C(F)(F)F)cc1.Cl. The van der Waals surface area contributed by atoms with Crippen molar-refractivity contribution in [3.8, 4) is 0 Å². The first kappa shape index (κ1) is 18.1. The Morgan fingerprint density at radius 3 is 1.58 bits per heavy atom. The molecule has 110 valence electrons. The summed E-state index contributed by atoms with van der Waals surface area (Å²) in [5, 5.41) is 0. The summed E-state index contributed by atoms with van der Waals surface area (Å²) in [6.45, 7) is 3.78. The van der Waals surface area contributed by atoms with E-state index >= 15 is 0 Å². The number of hydrogen-bond donors (Lipinski definition) is 1. The first-order valence-electron chi connectivity index (χ1n) is 5.37. The topological polar surface area (TPSA) is 26.0 Å². The summed E-state index contributed by atoms with van der Waals surface area (Å²) in [6.07, 6.45) is -5.65. The van der Waals surface area contributed by atoms with Gasteiger partial charge in [0.25, 0.3) is 0 Å². The van der Waals surface area contributed by atoms with E-state index in [1.807, 2.05) is 13.8 Å². The lowest BCUT2D eigenvalue weighted by atomic mass is 9.96. The molecule has 1 atom stereocenters. The molecule has 0 amide bonds. The van der Waals surface area contributed by atoms with Crippen LogP contribution in [0.2, 0.25) is 0 Å². The average Bonchev–Trinajstić information content (AvgIpc) is 2.26. The van der Waals surface area contributed by atoms with Crippen LogP contribution < -0.4 is 5.73 Å². The second-order valence-corrected chi connectivity index (χ2v) is 4.42. The van der Waals surface area contributed by atoms with E-state index in [1.54, 1.807) is 0 Å². The van der Waals surface area contributed by atoms with E-state index in [0.29, 0.717) is 0 Å². The van der Waals surface area contributed by atoms with E-state index in [4.69, 9.17) is 5.73 Å². The van der Waals surface area contributed by atoms with Crippen LogP contribution in [0.1, 0.15) is 36.9 Å². The molecule has 1 rings (SSSR count). The first-order chi connectivity index (χ1) is 8.07. The molecule has 0 aliphatic heterocycles. The molecule has 0 aromatic heterocycles. The molecular formula is C12H15ClF5N. The molecule has 1 aromatic carbocycles. The summed E-state index contributed by atoms with van der Waals surface area (Å²) < 4.78 is 62.5. The highest BCUT2D eigenvalue weighted by Crippen LogP contribution is 2.43. The number of rotatable bonds is 3. The third kappa shape index (κ3) is 3.79. The van der Waals surface area contributed by atoms with Crippen molar-refractivity contribution in [1.82, 2.24) is 0 Å². The second-order valence-electron chi connectivity index (χ2n) is 4.42. The van der Waals surface area contributed by atoms with E-state index in [9.17, 15) is 22.0 Å². The number of hydrogen-bond acceptors (Lipinski definition) is 1. The van der Waals surface area contributed by atoms with Crippen LogP contribution in [0.3, 0.4) is 0 Å². The first-order valence-corrected chi connectivity index (χ1v) is 5.37. The fourth-order valence-electron chi connectivity index (χ4n) is 1.47. The third-order valence-corrected chi connectivity index (χ3v) is 2.73. The van der Waals surface area contributed by atoms with Crippen LogP contribution in [0.5, 0.6) is 0 Å². The Kier molecular flexibility index (Phi) is 5.77. The van der Waals surface area contributed by atoms with Gasteiger partial charge in [-0.25, -0.2) is 0 Å². The summed E-state index contributed by atoms with van der Waals surface area (Å²) in [5.74, 6) is -4.77. The minimum absolute atomic E-state index is 0. The zero-order valence-corrected chi connectivity index (χ0v) is 11.2. The minimum Gasteiger partial charge on any atom is -0.319 e. The fourth-order valence-corrected chi connectivity index (χ4v) is 1.47. The van der Waals surface area contributed by atoms with Crippen molar-refractivity contribution < 1.29 is 22.0 Å². The molecule has 0 saturated heterocycles. The Hall–Kier alpha value is -0.880. The van der Waals surface area contributed by atoms with E-state index in [-0.39, 0.29) is 23.9 Å². The maximum Gasteiger partial charge on any atom is 0.455 e. The highest BCUT2D eigenvalue weighted by atomic mass is 35.5. The van der Waals surface area contributed by atoms with E-state index in [0.717, 1.165) is 5.56 Å². The Morgan fingerprint density at radius 2 is 1.26 bits per heavy atom. The number of benzene rings is 1. The van der Waals surface area contributed by atoms with Crippen LogP contribution >= 0.6 is 12.4 Å². The standard InChI is InChI=1S/C12H14F5N.ClH/c1-7(2)8-3-5-9(6-4-8)10(18)11(13,14)12(15,16)17;/h3-7,10H,18H2,1-2H3;1H/t10-;/m1./s1. The summed E-state index contributed by atoms with van der Waals surface area (Å²) in [6, 6.07) is 3.04. The summed E-state index contributed by atoms with van der Waals surface area (Å²) >= 11 is 0. The van der Waals surface area contributed by atoms with Gasteiger partial charge in [-0.3, -0.25) is 0 Å². The zero-order valence-electron chi connectivity index (χ0n) is 10.3. The summed E-state index contributed by atoms with van der Waals surface area (Å²) in [7, 11) is 0. The van der Waals surface area contributed by atoms with E-state index in [1.165, 1.54) is 24.3 Å². The third-order valence-electron chi connectivity index (χ3n) is 2.73. The molecule has 2 N–H and O–H groups in total. The molecule has 0 heterocycles. The van der Waals surface area contributed by atoms with Gasteiger partial charge < -0.3 is 5.73 Å². The summed E-state index contributed by atoms with van der Waals surface area (Å²) in [5.41, 5.74) is 5.63. The van der Waals surface area contributed by atoms with Crippen LogP contribution in [-0.4, -0.2) is 12.1 Å². The van der Waals surface area contributed by atoms with Gasteiger partial charge in [0, 0.05) is 0 Å². The largest absolute Gasteiger partial charge is 0.455 e. The smallest absolute Gasteiger partial charge is 0.319 e. The lowest BCUT2D eigenvalue weighted by molar-refractivity contribution is -0.291. The van der Waals surface area contributed by atoms with Crippen molar-refractivity contribution in [3.05, 3.63) is 35.4 Å². The molecule has 19 heavy (non-hydrogen) atoms. The second kappa shape index (κ2) is 6.05. The van der Waals surface area contributed by atoms with Gasteiger partial charge in [0.15, 0.2) is 0 Å². The maximum atomic E-state index is 13.0. The highest BCUT2D eigenvalue weighted by molar-refractivity contribution is 5.85. The molecular weight excluding hydrogens is 289 g/mol. The Morgan fingerprint density at radius 1 is 0.895 bits per heavy atom. The zero-order chi connectivity index (χ0) is 14.1. The van der Waals surface area contributed by atoms with Gasteiger partial charge in [-0.05, 0) is 17.0 Å². The van der Waals surface area contributed by atoms with Crippen LogP contribution in [0.4, 0.5) is 22.0 Å². The molecule has 0 fully saturated rings. The molecule has 0 spiro atoms. The van der Waals surface area contributed by atoms with E-state index in [2.05, 4.69) is 0 Å². The highest BCUT2D eigenvalue weighted by Gasteiger charge is 2.61. The molecule has 0 aliphatic rings. The van der Waals surface area contributed by atoms with Crippen LogP contribution in [0.15, 0.2) is 24.3 Å². The van der Waals surface area contributed by atoms with Gasteiger partial charge in [0.05, 0.1) is 0 Å². The van der Waals surface area contributed by atoms with Gasteiger partial charge in [-0.2, -0.15) is 22.0 Å². The number of nitrogens with two attached hydrogens (primary N) is 1. The van der Waals surface area contributed by atoms with Gasteiger partial charge in [0.2, 0.25) is 0 Å². The quantitative estimate of drug-likeness (QED) is 0.821. The molecule has 0 aliphatic carbocycles. The monoisotopic (exact) mass is 303 g/mol. The average molecular weight is 304 g/mol. The van der Waals surface area contributed by atoms with Crippen molar-refractivity contribution in [2.45, 2.75) is 37.9 Å². The Bertz CT molecular complexity index is 400. The van der Waals surface area contributed by atoms with E-state index < -0.39 is 18.1 Å². The fraction of sp³-hybridized carbons (Fsp3) is 0.500.